The van der Waals surface area contributed by atoms with Crippen LogP contribution in [0.4, 0.5) is 0 Å². The molecule has 2 aromatic rings. The van der Waals surface area contributed by atoms with Gasteiger partial charge in [-0.15, -0.1) is 0 Å². The van der Waals surface area contributed by atoms with Crippen molar-refractivity contribution < 1.29 is 24.3 Å². The molecular weight excluding hydrogens is 550 g/mol. The van der Waals surface area contributed by atoms with Crippen LogP contribution in [0.25, 0.3) is 10.9 Å². The van der Waals surface area contributed by atoms with Gasteiger partial charge in [0.15, 0.2) is 5.96 Å². The smallest absolute Gasteiger partial charge is 0.326 e. The predicted octanol–water partition coefficient (Wildman–Crippen LogP) is -1.31. The van der Waals surface area contributed by atoms with Gasteiger partial charge in [0.2, 0.25) is 17.7 Å². The zero-order chi connectivity index (χ0) is 30.4. The van der Waals surface area contributed by atoms with Gasteiger partial charge >= 0.3 is 5.97 Å². The average Bonchev–Trinajstić information content (AvgIpc) is 3.35. The standard InChI is InChI=1S/C26H41N9O5S/c27-10-4-3-8-19(33-22(36)17(28)14-41)23(37)35-21(12-15-13-32-18-7-2-1-6-16(15)18)24(38)34-20(25(39)40)9-5-11-31-26(29)30/h1-2,6-7,13,17,19-21,32,41H,3-5,8-12,14,27-28H2,(H,33,36)(H,34,38)(H,35,37)(H,39,40)(H4,29,30,31). The predicted molar refractivity (Wildman–Crippen MR) is 160 cm³/mol. The summed E-state index contributed by atoms with van der Waals surface area (Å²) in [5.74, 6) is -3.15. The molecule has 1 aromatic carbocycles. The number of carbonyl (C=O) groups excluding carboxylic acids is 3. The molecule has 0 saturated carbocycles. The van der Waals surface area contributed by atoms with Gasteiger partial charge in [-0.1, -0.05) is 18.2 Å². The highest BCUT2D eigenvalue weighted by Gasteiger charge is 2.30. The summed E-state index contributed by atoms with van der Waals surface area (Å²) in [5.41, 5.74) is 23.6. The number of thiol groups is 1. The van der Waals surface area contributed by atoms with Gasteiger partial charge < -0.3 is 49.0 Å². The summed E-state index contributed by atoms with van der Waals surface area (Å²) in [5, 5.41) is 18.4. The van der Waals surface area contributed by atoms with Gasteiger partial charge in [-0.25, -0.2) is 4.79 Å². The number of H-pyrrole nitrogens is 1. The van der Waals surface area contributed by atoms with E-state index in [2.05, 4.69) is 38.6 Å². The molecule has 0 fully saturated rings. The van der Waals surface area contributed by atoms with Gasteiger partial charge in [0, 0.05) is 35.8 Å². The highest BCUT2D eigenvalue weighted by Crippen LogP contribution is 2.19. The Morgan fingerprint density at radius 3 is 2.22 bits per heavy atom. The topological polar surface area (TPSA) is 257 Å². The number of guanidine groups is 1. The third-order valence-corrected chi connectivity index (χ3v) is 6.80. The number of para-hydroxylation sites is 1. The molecular formula is C26H41N9O5S. The number of rotatable bonds is 18. The quantitative estimate of drug-likeness (QED) is 0.0426. The van der Waals surface area contributed by atoms with E-state index in [1.54, 1.807) is 6.20 Å². The average molecular weight is 592 g/mol. The number of aromatic nitrogens is 1. The number of unbranched alkanes of at least 4 members (excludes halogenated alkanes) is 1. The first-order valence-corrected chi connectivity index (χ1v) is 14.0. The minimum Gasteiger partial charge on any atom is -0.480 e. The number of carboxylic acids is 1. The van der Waals surface area contributed by atoms with Crippen molar-refractivity contribution in [1.29, 1.82) is 0 Å². The summed E-state index contributed by atoms with van der Waals surface area (Å²) >= 11 is 4.04. The van der Waals surface area contributed by atoms with Gasteiger partial charge in [-0.3, -0.25) is 19.4 Å². The largest absolute Gasteiger partial charge is 0.480 e. The molecule has 4 unspecified atom stereocenters. The molecule has 0 bridgehead atoms. The van der Waals surface area contributed by atoms with Crippen LogP contribution in [0.3, 0.4) is 0 Å². The van der Waals surface area contributed by atoms with E-state index in [9.17, 15) is 24.3 Å². The van der Waals surface area contributed by atoms with E-state index in [0.717, 1.165) is 16.5 Å². The number of carbonyl (C=O) groups is 4. The molecule has 3 amide bonds. The lowest BCUT2D eigenvalue weighted by Gasteiger charge is -2.25. The van der Waals surface area contributed by atoms with Crippen LogP contribution in [0.2, 0.25) is 0 Å². The van der Waals surface area contributed by atoms with E-state index >= 15 is 0 Å². The van der Waals surface area contributed by atoms with Crippen LogP contribution >= 0.6 is 12.6 Å². The van der Waals surface area contributed by atoms with Crippen molar-refractivity contribution in [3.8, 4) is 0 Å². The lowest BCUT2D eigenvalue weighted by Crippen LogP contribution is -2.57. The van der Waals surface area contributed by atoms with Crippen LogP contribution in [-0.4, -0.2) is 82.8 Å². The van der Waals surface area contributed by atoms with Crippen molar-refractivity contribution in [2.45, 2.75) is 62.7 Å². The fourth-order valence-electron chi connectivity index (χ4n) is 4.16. The van der Waals surface area contributed by atoms with Crippen molar-refractivity contribution in [2.24, 2.45) is 27.9 Å². The van der Waals surface area contributed by atoms with E-state index in [1.165, 1.54) is 0 Å². The Morgan fingerprint density at radius 2 is 1.56 bits per heavy atom. The zero-order valence-electron chi connectivity index (χ0n) is 22.8. The van der Waals surface area contributed by atoms with Gasteiger partial charge in [0.05, 0.1) is 6.04 Å². The first-order valence-electron chi connectivity index (χ1n) is 13.4. The van der Waals surface area contributed by atoms with E-state index in [4.69, 9.17) is 22.9 Å². The molecule has 0 aliphatic rings. The monoisotopic (exact) mass is 591 g/mol. The van der Waals surface area contributed by atoms with Crippen LogP contribution in [0.1, 0.15) is 37.7 Å². The van der Waals surface area contributed by atoms with Crippen molar-refractivity contribution in [2.75, 3.05) is 18.8 Å². The minimum absolute atomic E-state index is 0.0571. The molecule has 1 heterocycles. The summed E-state index contributed by atoms with van der Waals surface area (Å²) < 4.78 is 0. The number of hydrogen-bond acceptors (Lipinski definition) is 8. The molecule has 0 aliphatic carbocycles. The number of fused-ring (bicyclic) bond motifs is 1. The van der Waals surface area contributed by atoms with E-state index in [0.29, 0.717) is 25.8 Å². The number of aliphatic imine (C=N–C) groups is 1. The van der Waals surface area contributed by atoms with Crippen LogP contribution < -0.4 is 38.9 Å². The van der Waals surface area contributed by atoms with Crippen LogP contribution in [-0.2, 0) is 25.6 Å². The second kappa shape index (κ2) is 17.1. The molecule has 226 valence electrons. The van der Waals surface area contributed by atoms with Crippen molar-refractivity contribution in [3.05, 3.63) is 36.0 Å². The second-order valence-electron chi connectivity index (χ2n) is 9.61. The normalized spacial score (nSPS) is 13.9. The van der Waals surface area contributed by atoms with Gasteiger partial charge in [-0.05, 0) is 50.3 Å². The summed E-state index contributed by atoms with van der Waals surface area (Å²) in [6, 6.07) is 3.13. The Morgan fingerprint density at radius 1 is 0.927 bits per heavy atom. The highest BCUT2D eigenvalue weighted by atomic mass is 32.1. The highest BCUT2D eigenvalue weighted by molar-refractivity contribution is 7.80. The fraction of sp³-hybridized carbons (Fsp3) is 0.500. The number of amides is 3. The molecule has 13 N–H and O–H groups in total. The van der Waals surface area contributed by atoms with Crippen molar-refractivity contribution in [3.63, 3.8) is 0 Å². The van der Waals surface area contributed by atoms with E-state index in [1.807, 2.05) is 24.3 Å². The summed E-state index contributed by atoms with van der Waals surface area (Å²) in [7, 11) is 0. The van der Waals surface area contributed by atoms with Crippen molar-refractivity contribution >= 4 is 53.2 Å². The lowest BCUT2D eigenvalue weighted by molar-refractivity contribution is -0.142. The zero-order valence-corrected chi connectivity index (χ0v) is 23.7. The van der Waals surface area contributed by atoms with E-state index in [-0.39, 0.29) is 37.5 Å². The number of nitrogens with zero attached hydrogens (tertiary/aromatic N) is 1. The number of aromatic amines is 1. The summed E-state index contributed by atoms with van der Waals surface area (Å²) in [6.45, 7) is 0.597. The van der Waals surface area contributed by atoms with Crippen LogP contribution in [0.5, 0.6) is 0 Å². The number of aliphatic carboxylic acids is 1. The number of benzene rings is 1. The molecule has 0 saturated heterocycles. The maximum absolute atomic E-state index is 13.5. The molecule has 4 atom stereocenters. The fourth-order valence-corrected chi connectivity index (χ4v) is 4.32. The molecule has 41 heavy (non-hydrogen) atoms. The Labute approximate surface area is 243 Å². The first kappa shape index (κ1) is 33.4. The molecule has 0 radical (unpaired) electrons. The second-order valence-corrected chi connectivity index (χ2v) is 9.97. The molecule has 15 heteroatoms. The number of nitrogens with two attached hydrogens (primary N) is 4. The van der Waals surface area contributed by atoms with Crippen molar-refractivity contribution in [1.82, 2.24) is 20.9 Å². The third-order valence-electron chi connectivity index (χ3n) is 6.41. The van der Waals surface area contributed by atoms with Crippen LogP contribution in [0, 0.1) is 0 Å². The van der Waals surface area contributed by atoms with Gasteiger partial charge in [0.1, 0.15) is 18.1 Å². The number of nitrogens with one attached hydrogen (secondary N) is 4. The maximum Gasteiger partial charge on any atom is 0.326 e. The Bertz CT molecular complexity index is 1200. The maximum atomic E-state index is 13.5. The first-order chi connectivity index (χ1) is 19.6. The molecule has 14 nitrogen and oxygen atoms in total. The Kier molecular flexibility index (Phi) is 13.9. The number of carboxylic acid groups (broad SMARTS) is 1. The van der Waals surface area contributed by atoms with Crippen LogP contribution in [0.15, 0.2) is 35.5 Å². The Balaban J connectivity index is 2.29. The van der Waals surface area contributed by atoms with E-state index < -0.39 is 47.9 Å². The summed E-state index contributed by atoms with van der Waals surface area (Å²) in [6.07, 6.45) is 3.58. The number of hydrogen-bond donors (Lipinski definition) is 10. The molecule has 1 aromatic heterocycles. The minimum atomic E-state index is -1.24. The summed E-state index contributed by atoms with van der Waals surface area (Å²) in [4.78, 5) is 58.2. The van der Waals surface area contributed by atoms with Gasteiger partial charge in [-0.2, -0.15) is 12.6 Å². The molecule has 0 aliphatic heterocycles. The lowest BCUT2D eigenvalue weighted by atomic mass is 10.0. The Hall–Kier alpha value is -3.82. The van der Waals surface area contributed by atoms with Gasteiger partial charge in [0.25, 0.3) is 0 Å². The SMILES string of the molecule is NCCCCC(NC(=O)C(N)CS)C(=O)NC(Cc1c[nH]c2ccccc12)C(=O)NC(CCCN=C(N)N)C(=O)O. The molecule has 0 spiro atoms. The third kappa shape index (κ3) is 10.9. The molecule has 2 rings (SSSR count).